The molecule has 0 spiro atoms. The first-order valence-corrected chi connectivity index (χ1v) is 13.2. The Balaban J connectivity index is 1.72. The van der Waals surface area contributed by atoms with Crippen LogP contribution in [0.4, 0.5) is 18.0 Å². The number of rotatable bonds is 8. The number of carbonyl (C=O) groups is 2. The number of nitrogens with one attached hydrogen (secondary N) is 2. The molecular formula is C25H29F3N2O6S. The van der Waals surface area contributed by atoms with E-state index in [0.717, 1.165) is 51.3 Å². The summed E-state index contributed by atoms with van der Waals surface area (Å²) in [6, 6.07) is 10.4. The molecule has 202 valence electrons. The number of hydrogen-bond acceptors (Lipinski definition) is 6. The molecule has 2 amide bonds. The molecule has 1 saturated carbocycles. The molecule has 2 atom stereocenters. The smallest absolute Gasteiger partial charge is 0.432 e. The Morgan fingerprint density at radius 2 is 1.57 bits per heavy atom. The number of alkyl halides is 3. The molecule has 1 fully saturated rings. The number of amides is 2. The molecule has 12 heteroatoms. The molecule has 2 aromatic carbocycles. The Bertz CT molecular complexity index is 1180. The van der Waals surface area contributed by atoms with Gasteiger partial charge in [0.25, 0.3) is 15.6 Å². The van der Waals surface area contributed by atoms with Gasteiger partial charge in [-0.25, -0.2) is 22.7 Å². The zero-order valence-corrected chi connectivity index (χ0v) is 21.2. The third-order valence-electron chi connectivity index (χ3n) is 6.28. The van der Waals surface area contributed by atoms with Crippen LogP contribution in [0.15, 0.2) is 59.5 Å². The van der Waals surface area contributed by atoms with Gasteiger partial charge in [0.2, 0.25) is 0 Å². The minimum absolute atomic E-state index is 0.0892. The molecule has 0 unspecified atom stereocenters. The van der Waals surface area contributed by atoms with Crippen molar-refractivity contribution in [1.29, 1.82) is 0 Å². The minimum atomic E-state index is -5.12. The van der Waals surface area contributed by atoms with Crippen LogP contribution in [0.2, 0.25) is 0 Å². The zero-order chi connectivity index (χ0) is 27.3. The summed E-state index contributed by atoms with van der Waals surface area (Å²) >= 11 is 0. The van der Waals surface area contributed by atoms with Crippen molar-refractivity contribution in [2.45, 2.75) is 67.8 Å². The quantitative estimate of drug-likeness (QED) is 0.468. The predicted octanol–water partition coefficient (Wildman–Crippen LogP) is 4.72. The van der Waals surface area contributed by atoms with Crippen LogP contribution in [-0.4, -0.2) is 39.7 Å². The fourth-order valence-electron chi connectivity index (χ4n) is 4.26. The van der Waals surface area contributed by atoms with Gasteiger partial charge in [0.05, 0.1) is 4.90 Å². The lowest BCUT2D eigenvalue weighted by Gasteiger charge is -2.33. The average Bonchev–Trinajstić information content (AvgIpc) is 2.85. The Morgan fingerprint density at radius 1 is 0.973 bits per heavy atom. The standard InChI is InChI=1S/C25H29F3N2O6S/c1-17(36-22(31)24(35-2,25(26,27)28)19-9-5-3-6-10-19)18-13-15-21(16-14-18)37(33,34)30-23(32)29-20-11-7-4-8-12-20/h3,5-6,9-10,13-17,20H,4,7-8,11-12H2,1-2H3,(H2,29,30,32)/t17-,24+/m0/s1. The van der Waals surface area contributed by atoms with E-state index in [0.29, 0.717) is 0 Å². The number of ether oxygens (including phenoxy) is 2. The van der Waals surface area contributed by atoms with Gasteiger partial charge < -0.3 is 14.8 Å². The van der Waals surface area contributed by atoms with Gasteiger partial charge in [-0.3, -0.25) is 0 Å². The number of carbonyl (C=O) groups excluding carboxylic acids is 2. The Morgan fingerprint density at radius 3 is 2.11 bits per heavy atom. The van der Waals surface area contributed by atoms with E-state index in [9.17, 15) is 31.2 Å². The maximum absolute atomic E-state index is 14.1. The summed E-state index contributed by atoms with van der Waals surface area (Å²) in [5.74, 6) is -1.67. The number of sulfonamides is 1. The van der Waals surface area contributed by atoms with Crippen LogP contribution in [-0.2, 0) is 29.9 Å². The van der Waals surface area contributed by atoms with Gasteiger partial charge in [-0.1, -0.05) is 61.7 Å². The first-order chi connectivity index (χ1) is 17.4. The average molecular weight is 543 g/mol. The van der Waals surface area contributed by atoms with Crippen molar-refractivity contribution in [3.8, 4) is 0 Å². The molecule has 0 aromatic heterocycles. The molecule has 0 aliphatic heterocycles. The van der Waals surface area contributed by atoms with Crippen LogP contribution < -0.4 is 10.0 Å². The van der Waals surface area contributed by atoms with Crippen molar-refractivity contribution in [1.82, 2.24) is 10.0 Å². The van der Waals surface area contributed by atoms with E-state index >= 15 is 0 Å². The monoisotopic (exact) mass is 542 g/mol. The van der Waals surface area contributed by atoms with Crippen molar-refractivity contribution in [3.05, 3.63) is 65.7 Å². The molecule has 0 bridgehead atoms. The molecule has 3 rings (SSSR count). The van der Waals surface area contributed by atoms with Gasteiger partial charge in [0.15, 0.2) is 0 Å². The maximum atomic E-state index is 14.1. The summed E-state index contributed by atoms with van der Waals surface area (Å²) in [6.07, 6.45) is -1.74. The van der Waals surface area contributed by atoms with Crippen molar-refractivity contribution in [3.63, 3.8) is 0 Å². The highest BCUT2D eigenvalue weighted by atomic mass is 32.2. The second-order valence-corrected chi connectivity index (χ2v) is 10.5. The van der Waals surface area contributed by atoms with Crippen LogP contribution in [0, 0.1) is 0 Å². The Labute approximate surface area is 213 Å². The van der Waals surface area contributed by atoms with E-state index in [-0.39, 0.29) is 16.5 Å². The van der Waals surface area contributed by atoms with Crippen LogP contribution in [0.25, 0.3) is 0 Å². The van der Waals surface area contributed by atoms with Crippen LogP contribution >= 0.6 is 0 Å². The second kappa shape index (κ2) is 11.5. The van der Waals surface area contributed by atoms with E-state index in [2.05, 4.69) is 5.32 Å². The lowest BCUT2D eigenvalue weighted by Crippen LogP contribution is -2.51. The van der Waals surface area contributed by atoms with Gasteiger partial charge in [-0.2, -0.15) is 13.2 Å². The topological polar surface area (TPSA) is 111 Å². The van der Waals surface area contributed by atoms with Crippen LogP contribution in [0.1, 0.15) is 56.3 Å². The summed E-state index contributed by atoms with van der Waals surface area (Å²) in [7, 11) is -3.43. The minimum Gasteiger partial charge on any atom is -0.455 e. The summed E-state index contributed by atoms with van der Waals surface area (Å²) in [5.41, 5.74) is -3.55. The summed E-state index contributed by atoms with van der Waals surface area (Å²) in [4.78, 5) is 24.7. The van der Waals surface area contributed by atoms with Crippen molar-refractivity contribution >= 4 is 22.0 Å². The molecule has 37 heavy (non-hydrogen) atoms. The highest BCUT2D eigenvalue weighted by molar-refractivity contribution is 7.90. The molecule has 1 aliphatic rings. The molecule has 2 N–H and O–H groups in total. The first kappa shape index (κ1) is 28.5. The molecule has 2 aromatic rings. The lowest BCUT2D eigenvalue weighted by molar-refractivity contribution is -0.278. The highest BCUT2D eigenvalue weighted by Gasteiger charge is 2.64. The van der Waals surface area contributed by atoms with E-state index in [1.807, 2.05) is 4.72 Å². The number of esters is 1. The predicted molar refractivity (Wildman–Crippen MR) is 128 cm³/mol. The van der Waals surface area contributed by atoms with E-state index in [1.165, 1.54) is 49.4 Å². The number of halogens is 3. The fraction of sp³-hybridized carbons (Fsp3) is 0.440. The number of benzene rings is 2. The SMILES string of the molecule is CO[C@@](C(=O)O[C@@H](C)c1ccc(S(=O)(=O)NC(=O)NC2CCCCC2)cc1)(c1ccccc1)C(F)(F)F. The second-order valence-electron chi connectivity index (χ2n) is 8.78. The molecule has 8 nitrogen and oxygen atoms in total. The Kier molecular flexibility index (Phi) is 8.85. The third-order valence-corrected chi connectivity index (χ3v) is 7.63. The van der Waals surface area contributed by atoms with Crippen molar-refractivity contribution in [2.75, 3.05) is 7.11 Å². The van der Waals surface area contributed by atoms with E-state index in [4.69, 9.17) is 9.47 Å². The normalized spacial score (nSPS) is 17.3. The van der Waals surface area contributed by atoms with Gasteiger partial charge in [0, 0.05) is 18.7 Å². The summed E-state index contributed by atoms with van der Waals surface area (Å²) < 4.78 is 79.2. The van der Waals surface area contributed by atoms with Gasteiger partial charge >= 0.3 is 18.2 Å². The van der Waals surface area contributed by atoms with Crippen molar-refractivity contribution in [2.24, 2.45) is 0 Å². The number of urea groups is 1. The molecule has 0 heterocycles. The maximum Gasteiger partial charge on any atom is 0.432 e. The summed E-state index contributed by atoms with van der Waals surface area (Å²) in [5, 5.41) is 2.65. The van der Waals surface area contributed by atoms with Gasteiger partial charge in [0.1, 0.15) is 6.10 Å². The van der Waals surface area contributed by atoms with Gasteiger partial charge in [-0.05, 0) is 37.5 Å². The molecule has 0 radical (unpaired) electrons. The third kappa shape index (κ3) is 6.42. The van der Waals surface area contributed by atoms with E-state index < -0.39 is 45.5 Å². The first-order valence-electron chi connectivity index (χ1n) is 11.7. The number of hydrogen-bond donors (Lipinski definition) is 2. The van der Waals surface area contributed by atoms with Crippen LogP contribution in [0.5, 0.6) is 0 Å². The largest absolute Gasteiger partial charge is 0.455 e. The number of methoxy groups -OCH3 is 1. The fourth-order valence-corrected chi connectivity index (χ4v) is 5.17. The van der Waals surface area contributed by atoms with Gasteiger partial charge in [-0.15, -0.1) is 0 Å². The van der Waals surface area contributed by atoms with Crippen molar-refractivity contribution < 1.29 is 40.7 Å². The zero-order valence-electron chi connectivity index (χ0n) is 20.4. The molecule has 1 aliphatic carbocycles. The molecular weight excluding hydrogens is 513 g/mol. The van der Waals surface area contributed by atoms with E-state index in [1.54, 1.807) is 0 Å². The lowest BCUT2D eigenvalue weighted by atomic mass is 9.92. The Hall–Kier alpha value is -3.12. The highest BCUT2D eigenvalue weighted by Crippen LogP contribution is 2.43. The molecule has 0 saturated heterocycles. The van der Waals surface area contributed by atoms with Crippen LogP contribution in [0.3, 0.4) is 0 Å². The summed E-state index contributed by atoms with van der Waals surface area (Å²) in [6.45, 7) is 1.35.